The van der Waals surface area contributed by atoms with Gasteiger partial charge in [-0.25, -0.2) is 4.98 Å². The average Bonchev–Trinajstić information content (AvgIpc) is 2.73. The molecule has 1 aliphatic rings. The van der Waals surface area contributed by atoms with Crippen molar-refractivity contribution in [1.82, 2.24) is 19.6 Å². The maximum atomic E-state index is 6.21. The lowest BCUT2D eigenvalue weighted by Gasteiger charge is -2.16. The molecular weight excluding hydrogens is 232 g/mol. The summed E-state index contributed by atoms with van der Waals surface area (Å²) in [5.74, 6) is 0.461. The molecule has 0 amide bonds. The molecule has 1 aliphatic heterocycles. The summed E-state index contributed by atoms with van der Waals surface area (Å²) in [6.45, 7) is 1.14. The van der Waals surface area contributed by atoms with Gasteiger partial charge in [0.1, 0.15) is 5.15 Å². The Morgan fingerprint density at radius 2 is 2.31 bits per heavy atom. The van der Waals surface area contributed by atoms with Gasteiger partial charge in [-0.3, -0.25) is 0 Å². The molecule has 0 saturated heterocycles. The zero-order valence-corrected chi connectivity index (χ0v) is 9.36. The molecule has 0 bridgehead atoms. The standard InChI is InChI=1S/C9H9ClN4O2/c1-15-9-12-8-11-6-2-3-16-4-5(6)7(10)14(8)13-9/h2-4H2,1H3. The quantitative estimate of drug-likeness (QED) is 0.692. The molecule has 3 rings (SSSR count). The van der Waals surface area contributed by atoms with Crippen LogP contribution >= 0.6 is 11.6 Å². The van der Waals surface area contributed by atoms with E-state index in [1.165, 1.54) is 11.6 Å². The van der Waals surface area contributed by atoms with Crippen LogP contribution in [0.3, 0.4) is 0 Å². The van der Waals surface area contributed by atoms with Crippen LogP contribution in [-0.4, -0.2) is 33.3 Å². The van der Waals surface area contributed by atoms with Crippen LogP contribution in [0.5, 0.6) is 6.01 Å². The van der Waals surface area contributed by atoms with E-state index >= 15 is 0 Å². The number of rotatable bonds is 1. The molecule has 0 aliphatic carbocycles. The van der Waals surface area contributed by atoms with Crippen LogP contribution in [0.4, 0.5) is 0 Å². The summed E-state index contributed by atoms with van der Waals surface area (Å²) in [6, 6.07) is 0.262. The van der Waals surface area contributed by atoms with E-state index in [-0.39, 0.29) is 6.01 Å². The Bertz CT molecular complexity index is 554. The van der Waals surface area contributed by atoms with Crippen molar-refractivity contribution >= 4 is 17.4 Å². The SMILES string of the molecule is COc1nc2nc3c(c(Cl)n2n1)COCC3. The van der Waals surface area contributed by atoms with E-state index in [4.69, 9.17) is 21.1 Å². The lowest BCUT2D eigenvalue weighted by Crippen LogP contribution is -2.14. The molecule has 0 atom stereocenters. The van der Waals surface area contributed by atoms with Crippen molar-refractivity contribution in [2.45, 2.75) is 13.0 Å². The van der Waals surface area contributed by atoms with E-state index in [0.29, 0.717) is 24.1 Å². The zero-order chi connectivity index (χ0) is 11.1. The highest BCUT2D eigenvalue weighted by atomic mass is 35.5. The van der Waals surface area contributed by atoms with Crippen molar-refractivity contribution in [3.8, 4) is 6.01 Å². The van der Waals surface area contributed by atoms with E-state index in [9.17, 15) is 0 Å². The molecule has 0 fully saturated rings. The third-order valence-corrected chi connectivity index (χ3v) is 2.89. The number of hydrogen-bond acceptors (Lipinski definition) is 5. The Hall–Kier alpha value is -1.40. The Labute approximate surface area is 96.2 Å². The van der Waals surface area contributed by atoms with Gasteiger partial charge >= 0.3 is 6.01 Å². The van der Waals surface area contributed by atoms with Crippen LogP contribution in [0, 0.1) is 0 Å². The van der Waals surface area contributed by atoms with E-state index in [1.807, 2.05) is 0 Å². The molecule has 0 N–H and O–H groups in total. The number of hydrogen-bond donors (Lipinski definition) is 0. The Balaban J connectivity index is 2.28. The van der Waals surface area contributed by atoms with E-state index in [1.54, 1.807) is 0 Å². The minimum absolute atomic E-state index is 0.262. The Morgan fingerprint density at radius 3 is 3.12 bits per heavy atom. The number of ether oxygens (including phenoxy) is 2. The molecule has 0 radical (unpaired) electrons. The molecule has 0 unspecified atom stereocenters. The predicted molar refractivity (Wildman–Crippen MR) is 55.7 cm³/mol. The van der Waals surface area contributed by atoms with E-state index < -0.39 is 0 Å². The topological polar surface area (TPSA) is 61.5 Å². The summed E-state index contributed by atoms with van der Waals surface area (Å²) < 4.78 is 11.8. The van der Waals surface area contributed by atoms with Gasteiger partial charge in [0, 0.05) is 12.0 Å². The first-order valence-electron chi connectivity index (χ1n) is 4.85. The maximum Gasteiger partial charge on any atom is 0.337 e. The highest BCUT2D eigenvalue weighted by Gasteiger charge is 2.19. The first kappa shape index (κ1) is 9.80. The monoisotopic (exact) mass is 240 g/mol. The molecule has 6 nitrogen and oxygen atoms in total. The summed E-state index contributed by atoms with van der Waals surface area (Å²) in [5.41, 5.74) is 1.81. The molecular formula is C9H9ClN4O2. The highest BCUT2D eigenvalue weighted by Crippen LogP contribution is 2.24. The Kier molecular flexibility index (Phi) is 2.19. The average molecular weight is 241 g/mol. The van der Waals surface area contributed by atoms with Gasteiger partial charge in [-0.1, -0.05) is 11.6 Å². The normalized spacial score (nSPS) is 15.1. The largest absolute Gasteiger partial charge is 0.466 e. The predicted octanol–water partition coefficient (Wildman–Crippen LogP) is 0.859. The van der Waals surface area contributed by atoms with E-state index in [2.05, 4.69) is 15.1 Å². The summed E-state index contributed by atoms with van der Waals surface area (Å²) in [6.07, 6.45) is 0.751. The van der Waals surface area contributed by atoms with Gasteiger partial charge < -0.3 is 9.47 Å². The summed E-state index contributed by atoms with van der Waals surface area (Å²) in [5, 5.41) is 4.57. The molecule has 0 aromatic carbocycles. The van der Waals surface area contributed by atoms with Crippen molar-refractivity contribution < 1.29 is 9.47 Å². The summed E-state index contributed by atoms with van der Waals surface area (Å²) in [7, 11) is 1.51. The molecule has 16 heavy (non-hydrogen) atoms. The lowest BCUT2D eigenvalue weighted by atomic mass is 10.1. The van der Waals surface area contributed by atoms with Gasteiger partial charge in [-0.15, -0.1) is 5.10 Å². The molecule has 7 heteroatoms. The van der Waals surface area contributed by atoms with Crippen molar-refractivity contribution in [3.05, 3.63) is 16.4 Å². The van der Waals surface area contributed by atoms with Crippen molar-refractivity contribution in [2.75, 3.05) is 13.7 Å². The van der Waals surface area contributed by atoms with Crippen LogP contribution in [-0.2, 0) is 17.8 Å². The van der Waals surface area contributed by atoms with Gasteiger partial charge in [0.2, 0.25) is 0 Å². The molecule has 0 spiro atoms. The molecule has 0 saturated carbocycles. The zero-order valence-electron chi connectivity index (χ0n) is 8.60. The summed E-state index contributed by atoms with van der Waals surface area (Å²) in [4.78, 5) is 8.48. The highest BCUT2D eigenvalue weighted by molar-refractivity contribution is 6.30. The van der Waals surface area contributed by atoms with Crippen molar-refractivity contribution in [1.29, 1.82) is 0 Å². The van der Waals surface area contributed by atoms with Gasteiger partial charge in [-0.05, 0) is 0 Å². The van der Waals surface area contributed by atoms with Gasteiger partial charge in [0.25, 0.3) is 5.78 Å². The molecule has 3 heterocycles. The van der Waals surface area contributed by atoms with Gasteiger partial charge in [0.05, 0.1) is 26.0 Å². The number of aromatic nitrogens is 4. The van der Waals surface area contributed by atoms with Crippen LogP contribution in [0.2, 0.25) is 5.15 Å². The first-order chi connectivity index (χ1) is 7.79. The molecule has 2 aromatic heterocycles. The number of methoxy groups -OCH3 is 1. The van der Waals surface area contributed by atoms with Crippen molar-refractivity contribution in [3.63, 3.8) is 0 Å². The minimum atomic E-state index is 0.262. The first-order valence-corrected chi connectivity index (χ1v) is 5.23. The van der Waals surface area contributed by atoms with Gasteiger partial charge in [0.15, 0.2) is 0 Å². The Morgan fingerprint density at radius 1 is 1.44 bits per heavy atom. The van der Waals surface area contributed by atoms with Crippen LogP contribution < -0.4 is 4.74 Å². The second kappa shape index (κ2) is 3.57. The second-order valence-electron chi connectivity index (χ2n) is 3.44. The van der Waals surface area contributed by atoms with Crippen molar-refractivity contribution in [2.24, 2.45) is 0 Å². The minimum Gasteiger partial charge on any atom is -0.466 e. The third kappa shape index (κ3) is 1.34. The second-order valence-corrected chi connectivity index (χ2v) is 3.80. The smallest absolute Gasteiger partial charge is 0.337 e. The van der Waals surface area contributed by atoms with Gasteiger partial charge in [-0.2, -0.15) is 9.50 Å². The third-order valence-electron chi connectivity index (χ3n) is 2.50. The van der Waals surface area contributed by atoms with Crippen LogP contribution in [0.1, 0.15) is 11.3 Å². The van der Waals surface area contributed by atoms with E-state index in [0.717, 1.165) is 17.7 Å². The fourth-order valence-electron chi connectivity index (χ4n) is 1.70. The maximum absolute atomic E-state index is 6.21. The molecule has 2 aromatic rings. The van der Waals surface area contributed by atoms with Crippen LogP contribution in [0.25, 0.3) is 5.78 Å². The lowest BCUT2D eigenvalue weighted by molar-refractivity contribution is 0.109. The number of halogens is 1. The fraction of sp³-hybridized carbons (Fsp3) is 0.444. The van der Waals surface area contributed by atoms with Crippen LogP contribution in [0.15, 0.2) is 0 Å². The fourth-order valence-corrected chi connectivity index (χ4v) is 1.98. The number of nitrogens with zero attached hydrogens (tertiary/aromatic N) is 4. The molecule has 84 valence electrons. The number of fused-ring (bicyclic) bond motifs is 2. The summed E-state index contributed by atoms with van der Waals surface area (Å²) >= 11 is 6.21.